The molecule has 7 nitrogen and oxygen atoms in total. The van der Waals surface area contributed by atoms with Gasteiger partial charge in [0, 0.05) is 35.7 Å². The molecule has 1 N–H and O–H groups in total. The van der Waals surface area contributed by atoms with Gasteiger partial charge in [-0.05, 0) is 41.8 Å². The highest BCUT2D eigenvalue weighted by atomic mass is 32.1. The molecule has 35 heavy (non-hydrogen) atoms. The van der Waals surface area contributed by atoms with E-state index in [1.54, 1.807) is 22.8 Å². The first kappa shape index (κ1) is 24.2. The predicted octanol–water partition coefficient (Wildman–Crippen LogP) is 5.42. The van der Waals surface area contributed by atoms with E-state index in [1.165, 1.54) is 19.5 Å². The Morgan fingerprint density at radius 1 is 1.23 bits per heavy atom. The van der Waals surface area contributed by atoms with Gasteiger partial charge in [-0.15, -0.1) is 12.6 Å². The van der Waals surface area contributed by atoms with Crippen molar-refractivity contribution in [2.45, 2.75) is 26.3 Å². The van der Waals surface area contributed by atoms with Crippen LogP contribution >= 0.6 is 12.6 Å². The lowest BCUT2D eigenvalue weighted by atomic mass is 9.94. The molecule has 0 atom stereocenters. The van der Waals surface area contributed by atoms with Crippen molar-refractivity contribution < 1.29 is 13.9 Å². The number of nitrogens with one attached hydrogen (secondary N) is 1. The normalized spacial score (nSPS) is 11.0. The van der Waals surface area contributed by atoms with E-state index in [9.17, 15) is 14.4 Å². The summed E-state index contributed by atoms with van der Waals surface area (Å²) in [6.45, 7) is 4.78. The highest BCUT2D eigenvalue weighted by Crippen LogP contribution is 2.31. The zero-order valence-corrected chi connectivity index (χ0v) is 20.4. The molecule has 0 bridgehead atoms. The molecular weight excluding hydrogens is 465 g/mol. The number of fused-ring (bicyclic) bond motifs is 1. The van der Waals surface area contributed by atoms with Gasteiger partial charge in [-0.25, -0.2) is 14.4 Å². The molecule has 0 saturated heterocycles. The topological polar surface area (TPSA) is 92.8 Å². The van der Waals surface area contributed by atoms with Crippen LogP contribution in [0.4, 0.5) is 10.2 Å². The van der Waals surface area contributed by atoms with E-state index in [0.29, 0.717) is 52.5 Å². The van der Waals surface area contributed by atoms with Crippen molar-refractivity contribution in [1.82, 2.24) is 14.5 Å². The fourth-order valence-electron chi connectivity index (χ4n) is 4.12. The van der Waals surface area contributed by atoms with E-state index in [-0.39, 0.29) is 11.0 Å². The van der Waals surface area contributed by atoms with Crippen LogP contribution in [-0.2, 0) is 6.54 Å². The van der Waals surface area contributed by atoms with Crippen LogP contribution in [0.1, 0.15) is 41.4 Å². The number of anilines is 1. The molecule has 4 rings (SSSR count). The number of ether oxygens (including phenoxy) is 1. The van der Waals surface area contributed by atoms with E-state index >= 15 is 0 Å². The van der Waals surface area contributed by atoms with E-state index in [0.717, 1.165) is 11.1 Å². The maximum absolute atomic E-state index is 14.6. The second kappa shape index (κ2) is 10.2. The molecule has 0 aliphatic rings. The molecule has 9 heteroatoms. The number of thiol groups is 1. The Morgan fingerprint density at radius 2 is 2.03 bits per heavy atom. The SMILES string of the molecule is COc1ccc(F)c2c1cc(C#N)n2CCNc1cc(-c2ccc(C(=O)S)c(C(C)C)c2)ncn1. The molecule has 2 heterocycles. The van der Waals surface area contributed by atoms with Gasteiger partial charge in [-0.3, -0.25) is 4.79 Å². The quantitative estimate of drug-likeness (QED) is 0.321. The first-order valence-electron chi connectivity index (χ1n) is 11.0. The van der Waals surface area contributed by atoms with Crippen molar-refractivity contribution in [2.75, 3.05) is 19.0 Å². The van der Waals surface area contributed by atoms with E-state index in [2.05, 4.69) is 34.0 Å². The third-order valence-corrected chi connectivity index (χ3v) is 6.05. The molecule has 0 radical (unpaired) electrons. The number of methoxy groups -OCH3 is 1. The Balaban J connectivity index is 1.57. The lowest BCUT2D eigenvalue weighted by molar-refractivity contribution is 0.109. The van der Waals surface area contributed by atoms with Gasteiger partial charge in [-0.2, -0.15) is 5.26 Å². The number of hydrogen-bond acceptors (Lipinski definition) is 6. The summed E-state index contributed by atoms with van der Waals surface area (Å²) in [4.78, 5) is 20.5. The van der Waals surface area contributed by atoms with E-state index < -0.39 is 5.82 Å². The summed E-state index contributed by atoms with van der Waals surface area (Å²) in [5, 5.41) is 13.1. The van der Waals surface area contributed by atoms with Gasteiger partial charge in [0.25, 0.3) is 0 Å². The Hall–Kier alpha value is -3.90. The van der Waals surface area contributed by atoms with Gasteiger partial charge >= 0.3 is 0 Å². The number of nitrogens with zero attached hydrogens (tertiary/aromatic N) is 4. The molecule has 0 unspecified atom stereocenters. The van der Waals surface area contributed by atoms with Crippen LogP contribution in [0.15, 0.2) is 48.8 Å². The molecule has 2 aromatic heterocycles. The number of carbonyl (C=O) groups excluding carboxylic acids is 1. The monoisotopic (exact) mass is 489 g/mol. The van der Waals surface area contributed by atoms with Crippen molar-refractivity contribution in [2.24, 2.45) is 0 Å². The average molecular weight is 490 g/mol. The largest absolute Gasteiger partial charge is 0.496 e. The van der Waals surface area contributed by atoms with Crippen molar-refractivity contribution >= 4 is 34.5 Å². The van der Waals surface area contributed by atoms with Crippen LogP contribution < -0.4 is 10.1 Å². The van der Waals surface area contributed by atoms with Gasteiger partial charge in [0.05, 0.1) is 18.3 Å². The van der Waals surface area contributed by atoms with Crippen LogP contribution in [0.25, 0.3) is 22.2 Å². The smallest absolute Gasteiger partial charge is 0.216 e. The maximum atomic E-state index is 14.6. The van der Waals surface area contributed by atoms with E-state index in [4.69, 9.17) is 4.74 Å². The molecule has 0 spiro atoms. The number of benzene rings is 2. The molecule has 0 aliphatic carbocycles. The molecule has 178 valence electrons. The van der Waals surface area contributed by atoms with Gasteiger partial charge in [0.1, 0.15) is 35.5 Å². The van der Waals surface area contributed by atoms with Crippen LogP contribution in [0.3, 0.4) is 0 Å². The summed E-state index contributed by atoms with van der Waals surface area (Å²) in [5.41, 5.74) is 3.70. The zero-order valence-electron chi connectivity index (χ0n) is 19.5. The Labute approximate surface area is 208 Å². The summed E-state index contributed by atoms with van der Waals surface area (Å²) < 4.78 is 21.6. The summed E-state index contributed by atoms with van der Waals surface area (Å²) >= 11 is 3.98. The first-order valence-corrected chi connectivity index (χ1v) is 11.5. The summed E-state index contributed by atoms with van der Waals surface area (Å²) in [6, 6.07) is 14.0. The lowest BCUT2D eigenvalue weighted by Gasteiger charge is -2.13. The zero-order chi connectivity index (χ0) is 25.1. The number of rotatable bonds is 8. The van der Waals surface area contributed by atoms with Gasteiger partial charge in [0.2, 0.25) is 5.12 Å². The molecule has 0 amide bonds. The highest BCUT2D eigenvalue weighted by Gasteiger charge is 2.17. The highest BCUT2D eigenvalue weighted by molar-refractivity contribution is 7.97. The summed E-state index contributed by atoms with van der Waals surface area (Å²) in [7, 11) is 1.51. The van der Waals surface area contributed by atoms with Crippen molar-refractivity contribution in [3.8, 4) is 23.1 Å². The predicted molar refractivity (Wildman–Crippen MR) is 137 cm³/mol. The Morgan fingerprint density at radius 3 is 2.71 bits per heavy atom. The van der Waals surface area contributed by atoms with Crippen LogP contribution in [-0.4, -0.2) is 33.3 Å². The number of halogens is 1. The van der Waals surface area contributed by atoms with Gasteiger partial charge in [0.15, 0.2) is 0 Å². The first-order chi connectivity index (χ1) is 16.8. The minimum atomic E-state index is -0.421. The van der Waals surface area contributed by atoms with Gasteiger partial charge < -0.3 is 14.6 Å². The Kier molecular flexibility index (Phi) is 7.03. The Bertz CT molecular complexity index is 1460. The van der Waals surface area contributed by atoms with Crippen molar-refractivity contribution in [3.63, 3.8) is 0 Å². The summed E-state index contributed by atoms with van der Waals surface area (Å²) in [6.07, 6.45) is 1.46. The molecule has 4 aromatic rings. The standard InChI is InChI=1S/C26H24FN5O2S/c1-15(2)19-10-16(4-5-18(19)26(33)35)22-12-24(31-14-30-22)29-8-9-32-17(13-28)11-20-23(34-3)7-6-21(27)25(20)32/h4-7,10-12,14-15H,8-9H2,1-3H3,(H,33,35)(H,29,30,31). The second-order valence-electron chi connectivity index (χ2n) is 8.28. The maximum Gasteiger partial charge on any atom is 0.216 e. The molecule has 0 fully saturated rings. The third-order valence-electron chi connectivity index (χ3n) is 5.81. The number of carbonyl (C=O) groups is 1. The van der Waals surface area contributed by atoms with Crippen LogP contribution in [0.5, 0.6) is 5.75 Å². The fraction of sp³-hybridized carbons (Fsp3) is 0.231. The molecular formula is C26H24FN5O2S. The minimum absolute atomic E-state index is 0.144. The average Bonchev–Trinajstić information content (AvgIpc) is 3.23. The van der Waals surface area contributed by atoms with Crippen LogP contribution in [0.2, 0.25) is 0 Å². The van der Waals surface area contributed by atoms with Crippen LogP contribution in [0, 0.1) is 17.1 Å². The summed E-state index contributed by atoms with van der Waals surface area (Å²) in [5.74, 6) is 0.820. The minimum Gasteiger partial charge on any atom is -0.496 e. The van der Waals surface area contributed by atoms with Crippen molar-refractivity contribution in [3.05, 3.63) is 71.4 Å². The number of nitriles is 1. The van der Waals surface area contributed by atoms with Crippen molar-refractivity contribution in [1.29, 1.82) is 5.26 Å². The second-order valence-corrected chi connectivity index (χ2v) is 8.69. The lowest BCUT2D eigenvalue weighted by Crippen LogP contribution is -2.13. The number of hydrogen-bond donors (Lipinski definition) is 2. The third kappa shape index (κ3) is 4.84. The molecule has 0 saturated carbocycles. The fourth-order valence-corrected chi connectivity index (χ4v) is 4.32. The number of aromatic nitrogens is 3. The molecule has 0 aliphatic heterocycles. The van der Waals surface area contributed by atoms with E-state index in [1.807, 2.05) is 32.0 Å². The molecule has 2 aromatic carbocycles. The van der Waals surface area contributed by atoms with Gasteiger partial charge in [-0.1, -0.05) is 19.9 Å².